The first kappa shape index (κ1) is 13.2. The highest BCUT2D eigenvalue weighted by Gasteiger charge is 2.06. The molecule has 0 atom stereocenters. The number of amides is 1. The van der Waals surface area contributed by atoms with Crippen molar-refractivity contribution in [2.24, 2.45) is 0 Å². The fourth-order valence-electron chi connectivity index (χ4n) is 1.66. The van der Waals surface area contributed by atoms with Gasteiger partial charge in [0.05, 0.1) is 6.42 Å². The number of benzene rings is 1. The quantitative estimate of drug-likeness (QED) is 0.670. The molecule has 0 unspecified atom stereocenters. The molecule has 19 heavy (non-hydrogen) atoms. The van der Waals surface area contributed by atoms with Crippen LogP contribution in [-0.2, 0) is 16.0 Å². The van der Waals surface area contributed by atoms with Crippen molar-refractivity contribution in [1.29, 1.82) is 0 Å². The average Bonchev–Trinajstić information content (AvgIpc) is 2.90. The van der Waals surface area contributed by atoms with Crippen LogP contribution in [0.2, 0.25) is 0 Å². The minimum Gasteiger partial charge on any atom is -0.325 e. The lowest BCUT2D eigenvalue weighted by atomic mass is 10.1. The third-order valence-corrected chi connectivity index (χ3v) is 3.38. The van der Waals surface area contributed by atoms with Crippen LogP contribution in [0.3, 0.4) is 0 Å². The second-order valence-electron chi connectivity index (χ2n) is 3.89. The molecule has 0 spiro atoms. The predicted octanol–water partition coefficient (Wildman–Crippen LogP) is 3.14. The van der Waals surface area contributed by atoms with E-state index < -0.39 is 0 Å². The number of para-hydroxylation sites is 1. The summed E-state index contributed by atoms with van der Waals surface area (Å²) in [4.78, 5) is 23.3. The minimum atomic E-state index is -0.0607. The minimum absolute atomic E-state index is 0.0607. The van der Waals surface area contributed by atoms with Crippen molar-refractivity contribution >= 4 is 35.3 Å². The molecule has 1 aromatic carbocycles. The first-order valence-electron chi connectivity index (χ1n) is 5.82. The fraction of sp³-hybridized carbons (Fsp3) is 0.0667. The van der Waals surface area contributed by atoms with E-state index in [1.807, 2.05) is 41.8 Å². The second-order valence-corrected chi connectivity index (χ2v) is 4.92. The third kappa shape index (κ3) is 3.89. The molecule has 0 aliphatic rings. The van der Waals surface area contributed by atoms with Gasteiger partial charge in [0.15, 0.2) is 0 Å². The maximum absolute atomic E-state index is 11.9. The standard InChI is InChI=1S/C15H13NO2S/c17-9-3-6-12-5-1-2-8-14(12)16-15(18)11-13-7-4-10-19-13/h1-10H,11H2,(H,16,18)/b6-3+. The lowest BCUT2D eigenvalue weighted by molar-refractivity contribution is -0.115. The molecule has 1 N–H and O–H groups in total. The predicted molar refractivity (Wildman–Crippen MR) is 78.2 cm³/mol. The van der Waals surface area contributed by atoms with Gasteiger partial charge in [0.1, 0.15) is 6.29 Å². The van der Waals surface area contributed by atoms with Crippen LogP contribution in [0.5, 0.6) is 0 Å². The van der Waals surface area contributed by atoms with Crippen molar-refractivity contribution < 1.29 is 9.59 Å². The smallest absolute Gasteiger partial charge is 0.229 e. The normalized spacial score (nSPS) is 10.5. The van der Waals surface area contributed by atoms with Gasteiger partial charge in [-0.05, 0) is 35.2 Å². The maximum Gasteiger partial charge on any atom is 0.229 e. The Hall–Kier alpha value is -2.20. The largest absolute Gasteiger partial charge is 0.325 e. The van der Waals surface area contributed by atoms with Crippen molar-refractivity contribution in [1.82, 2.24) is 0 Å². The number of allylic oxidation sites excluding steroid dienone is 1. The molecule has 0 saturated carbocycles. The topological polar surface area (TPSA) is 46.2 Å². The van der Waals surface area contributed by atoms with Crippen LogP contribution in [0, 0.1) is 0 Å². The molecule has 2 aromatic rings. The highest BCUT2D eigenvalue weighted by molar-refractivity contribution is 7.10. The highest BCUT2D eigenvalue weighted by Crippen LogP contribution is 2.17. The van der Waals surface area contributed by atoms with Crippen molar-refractivity contribution in [3.05, 3.63) is 58.3 Å². The Morgan fingerprint density at radius 3 is 2.79 bits per heavy atom. The van der Waals surface area contributed by atoms with Gasteiger partial charge in [0.2, 0.25) is 5.91 Å². The van der Waals surface area contributed by atoms with E-state index in [0.29, 0.717) is 18.4 Å². The van der Waals surface area contributed by atoms with Crippen molar-refractivity contribution in [3.63, 3.8) is 0 Å². The van der Waals surface area contributed by atoms with Crippen LogP contribution in [-0.4, -0.2) is 12.2 Å². The Balaban J connectivity index is 2.08. The SMILES string of the molecule is O=C/C=C/c1ccccc1NC(=O)Cc1cccs1. The summed E-state index contributed by atoms with van der Waals surface area (Å²) in [7, 11) is 0. The molecule has 0 aliphatic carbocycles. The van der Waals surface area contributed by atoms with E-state index >= 15 is 0 Å². The molecule has 4 heteroatoms. The average molecular weight is 271 g/mol. The zero-order valence-electron chi connectivity index (χ0n) is 10.2. The molecule has 0 aliphatic heterocycles. The van der Waals surface area contributed by atoms with Crippen LogP contribution in [0.1, 0.15) is 10.4 Å². The monoisotopic (exact) mass is 271 g/mol. The summed E-state index contributed by atoms with van der Waals surface area (Å²) in [5.41, 5.74) is 1.52. The zero-order valence-corrected chi connectivity index (χ0v) is 11.0. The Morgan fingerprint density at radius 1 is 1.21 bits per heavy atom. The van der Waals surface area contributed by atoms with Gasteiger partial charge < -0.3 is 5.32 Å². The summed E-state index contributed by atoms with van der Waals surface area (Å²) in [5, 5.41) is 4.81. The highest BCUT2D eigenvalue weighted by atomic mass is 32.1. The Labute approximate surface area is 115 Å². The number of rotatable bonds is 5. The summed E-state index contributed by atoms with van der Waals surface area (Å²) < 4.78 is 0. The summed E-state index contributed by atoms with van der Waals surface area (Å²) in [6, 6.07) is 11.2. The van der Waals surface area contributed by atoms with Crippen LogP contribution in [0.15, 0.2) is 47.9 Å². The number of thiophene rings is 1. The van der Waals surface area contributed by atoms with E-state index in [1.54, 1.807) is 17.4 Å². The van der Waals surface area contributed by atoms with E-state index in [1.165, 1.54) is 6.08 Å². The molecule has 96 valence electrons. The summed E-state index contributed by atoms with van der Waals surface area (Å²) in [5.74, 6) is -0.0607. The van der Waals surface area contributed by atoms with Gasteiger partial charge in [-0.25, -0.2) is 0 Å². The van der Waals surface area contributed by atoms with E-state index in [-0.39, 0.29) is 5.91 Å². The van der Waals surface area contributed by atoms with Gasteiger partial charge in [-0.3, -0.25) is 9.59 Å². The van der Waals surface area contributed by atoms with Crippen molar-refractivity contribution in [3.8, 4) is 0 Å². The molecule has 3 nitrogen and oxygen atoms in total. The van der Waals surface area contributed by atoms with Crippen LogP contribution in [0.25, 0.3) is 6.08 Å². The van der Waals surface area contributed by atoms with Gasteiger partial charge in [0.25, 0.3) is 0 Å². The molecule has 2 rings (SSSR count). The van der Waals surface area contributed by atoms with Crippen molar-refractivity contribution in [2.75, 3.05) is 5.32 Å². The molecule has 0 fully saturated rings. The lowest BCUT2D eigenvalue weighted by Crippen LogP contribution is -2.14. The van der Waals surface area contributed by atoms with E-state index in [0.717, 1.165) is 10.4 Å². The van der Waals surface area contributed by atoms with Gasteiger partial charge in [-0.15, -0.1) is 11.3 Å². The number of hydrogen-bond acceptors (Lipinski definition) is 3. The van der Waals surface area contributed by atoms with E-state index in [2.05, 4.69) is 5.32 Å². The van der Waals surface area contributed by atoms with Gasteiger partial charge in [-0.2, -0.15) is 0 Å². The number of aldehydes is 1. The molecule has 1 heterocycles. The van der Waals surface area contributed by atoms with E-state index in [9.17, 15) is 9.59 Å². The Bertz CT molecular complexity index is 588. The summed E-state index contributed by atoms with van der Waals surface area (Å²) in [6.07, 6.45) is 4.16. The maximum atomic E-state index is 11.9. The summed E-state index contributed by atoms with van der Waals surface area (Å²) >= 11 is 1.56. The van der Waals surface area contributed by atoms with Crippen LogP contribution < -0.4 is 5.32 Å². The Kier molecular flexibility index (Phi) is 4.64. The Morgan fingerprint density at radius 2 is 2.05 bits per heavy atom. The molecular weight excluding hydrogens is 258 g/mol. The summed E-state index contributed by atoms with van der Waals surface area (Å²) in [6.45, 7) is 0. The van der Waals surface area contributed by atoms with Gasteiger partial charge in [0, 0.05) is 10.6 Å². The molecule has 0 bridgehead atoms. The zero-order chi connectivity index (χ0) is 13.5. The molecule has 1 aromatic heterocycles. The van der Waals surface area contributed by atoms with Gasteiger partial charge in [-0.1, -0.05) is 24.3 Å². The van der Waals surface area contributed by atoms with E-state index in [4.69, 9.17) is 0 Å². The number of nitrogens with one attached hydrogen (secondary N) is 1. The number of carbonyl (C=O) groups excluding carboxylic acids is 2. The van der Waals surface area contributed by atoms with Crippen LogP contribution >= 0.6 is 11.3 Å². The molecular formula is C15H13NO2S. The number of carbonyl (C=O) groups is 2. The van der Waals surface area contributed by atoms with Crippen molar-refractivity contribution in [2.45, 2.75) is 6.42 Å². The third-order valence-electron chi connectivity index (χ3n) is 2.50. The molecule has 0 radical (unpaired) electrons. The lowest BCUT2D eigenvalue weighted by Gasteiger charge is -2.07. The molecule has 0 saturated heterocycles. The number of anilines is 1. The molecule has 1 amide bonds. The first-order valence-corrected chi connectivity index (χ1v) is 6.70. The van der Waals surface area contributed by atoms with Crippen LogP contribution in [0.4, 0.5) is 5.69 Å². The fourth-order valence-corrected chi connectivity index (χ4v) is 2.37. The van der Waals surface area contributed by atoms with Gasteiger partial charge >= 0.3 is 0 Å². The number of hydrogen-bond donors (Lipinski definition) is 1. The second kappa shape index (κ2) is 6.66. The first-order chi connectivity index (χ1) is 9.29.